The molecule has 110 valence electrons. The van der Waals surface area contributed by atoms with E-state index >= 15 is 0 Å². The molecule has 0 unspecified atom stereocenters. The quantitative estimate of drug-likeness (QED) is 0.731. The van der Waals surface area contributed by atoms with Crippen molar-refractivity contribution in [3.63, 3.8) is 0 Å². The maximum Gasteiger partial charge on any atom is 0.264 e. The SMILES string of the molecule is CCC(=O)N1CCCN(C(=O)c2cc(Br)c(Br)s2)CC1. The lowest BCUT2D eigenvalue weighted by Crippen LogP contribution is -2.36. The van der Waals surface area contributed by atoms with Crippen LogP contribution in [0.2, 0.25) is 0 Å². The van der Waals surface area contributed by atoms with E-state index in [0.717, 1.165) is 26.1 Å². The Bertz CT molecular complexity index is 499. The standard InChI is InChI=1S/C13H16Br2N2O2S/c1-2-11(18)16-4-3-5-17(7-6-16)13(19)10-8-9(14)12(15)20-10/h8H,2-7H2,1H3. The summed E-state index contributed by atoms with van der Waals surface area (Å²) in [6.07, 6.45) is 1.37. The molecule has 1 aromatic rings. The van der Waals surface area contributed by atoms with Crippen LogP contribution in [0.1, 0.15) is 29.4 Å². The fourth-order valence-corrected chi connectivity index (χ4v) is 4.20. The molecule has 20 heavy (non-hydrogen) atoms. The molecule has 0 bridgehead atoms. The Kier molecular flexibility index (Phi) is 5.63. The molecule has 1 aliphatic heterocycles. The molecule has 0 spiro atoms. The van der Waals surface area contributed by atoms with E-state index in [4.69, 9.17) is 0 Å². The first-order valence-corrected chi connectivity index (χ1v) is 8.95. The zero-order chi connectivity index (χ0) is 14.7. The van der Waals surface area contributed by atoms with Crippen molar-refractivity contribution in [2.45, 2.75) is 19.8 Å². The number of hydrogen-bond donors (Lipinski definition) is 0. The van der Waals surface area contributed by atoms with Crippen LogP contribution in [0.5, 0.6) is 0 Å². The smallest absolute Gasteiger partial charge is 0.264 e. The van der Waals surface area contributed by atoms with Crippen LogP contribution >= 0.6 is 43.2 Å². The first-order valence-electron chi connectivity index (χ1n) is 6.54. The zero-order valence-corrected chi connectivity index (χ0v) is 15.2. The lowest BCUT2D eigenvalue weighted by molar-refractivity contribution is -0.130. The van der Waals surface area contributed by atoms with Gasteiger partial charge in [-0.1, -0.05) is 6.92 Å². The number of amides is 2. The van der Waals surface area contributed by atoms with Crippen molar-refractivity contribution >= 4 is 55.0 Å². The van der Waals surface area contributed by atoms with Gasteiger partial charge in [-0.2, -0.15) is 0 Å². The fraction of sp³-hybridized carbons (Fsp3) is 0.538. The Hall–Kier alpha value is -0.400. The highest BCUT2D eigenvalue weighted by Crippen LogP contribution is 2.33. The lowest BCUT2D eigenvalue weighted by Gasteiger charge is -2.21. The normalized spacial score (nSPS) is 16.1. The van der Waals surface area contributed by atoms with Gasteiger partial charge in [-0.3, -0.25) is 9.59 Å². The molecule has 7 heteroatoms. The highest BCUT2D eigenvalue weighted by atomic mass is 79.9. The van der Waals surface area contributed by atoms with Crippen LogP contribution < -0.4 is 0 Å². The third kappa shape index (κ3) is 3.62. The molecule has 1 aromatic heterocycles. The van der Waals surface area contributed by atoms with Crippen molar-refractivity contribution in [1.29, 1.82) is 0 Å². The molecule has 0 aromatic carbocycles. The van der Waals surface area contributed by atoms with Crippen molar-refractivity contribution in [1.82, 2.24) is 9.80 Å². The second-order valence-electron chi connectivity index (χ2n) is 4.61. The molecule has 1 fully saturated rings. The molecule has 2 amide bonds. The fourth-order valence-electron chi connectivity index (χ4n) is 2.20. The van der Waals surface area contributed by atoms with E-state index < -0.39 is 0 Å². The summed E-state index contributed by atoms with van der Waals surface area (Å²) in [7, 11) is 0. The minimum absolute atomic E-state index is 0.0483. The molecule has 2 rings (SSSR count). The van der Waals surface area contributed by atoms with E-state index in [9.17, 15) is 9.59 Å². The van der Waals surface area contributed by atoms with Crippen molar-refractivity contribution in [2.24, 2.45) is 0 Å². The number of rotatable bonds is 2. The summed E-state index contributed by atoms with van der Waals surface area (Å²) in [5, 5.41) is 0. The maximum absolute atomic E-state index is 12.5. The van der Waals surface area contributed by atoms with E-state index in [1.165, 1.54) is 11.3 Å². The monoisotopic (exact) mass is 422 g/mol. The van der Waals surface area contributed by atoms with Gasteiger partial charge in [-0.25, -0.2) is 0 Å². The van der Waals surface area contributed by atoms with Crippen molar-refractivity contribution < 1.29 is 9.59 Å². The Morgan fingerprint density at radius 2 is 1.85 bits per heavy atom. The first-order chi connectivity index (χ1) is 9.52. The van der Waals surface area contributed by atoms with Gasteiger partial charge >= 0.3 is 0 Å². The molecule has 0 saturated carbocycles. The van der Waals surface area contributed by atoms with E-state index in [0.29, 0.717) is 26.1 Å². The third-order valence-corrected chi connectivity index (χ3v) is 6.54. The number of carbonyl (C=O) groups excluding carboxylic acids is 2. The average Bonchev–Trinajstić information content (AvgIpc) is 2.67. The van der Waals surface area contributed by atoms with Crippen molar-refractivity contribution in [2.75, 3.05) is 26.2 Å². The van der Waals surface area contributed by atoms with E-state index in [1.807, 2.05) is 22.8 Å². The van der Waals surface area contributed by atoms with Gasteiger partial charge in [0.15, 0.2) is 0 Å². The van der Waals surface area contributed by atoms with E-state index in [-0.39, 0.29) is 11.8 Å². The van der Waals surface area contributed by atoms with Crippen LogP contribution in [0, 0.1) is 0 Å². The molecular formula is C13H16Br2N2O2S. The molecule has 0 radical (unpaired) electrons. The predicted octanol–water partition coefficient (Wildman–Crippen LogP) is 3.36. The molecule has 0 atom stereocenters. The largest absolute Gasteiger partial charge is 0.341 e. The molecule has 2 heterocycles. The molecule has 0 aliphatic carbocycles. The van der Waals surface area contributed by atoms with Gasteiger partial charge in [-0.05, 0) is 44.3 Å². The van der Waals surface area contributed by atoms with Gasteiger partial charge < -0.3 is 9.80 Å². The van der Waals surface area contributed by atoms with Crippen LogP contribution in [0.3, 0.4) is 0 Å². The van der Waals surface area contributed by atoms with Crippen LogP contribution in [-0.4, -0.2) is 47.8 Å². The van der Waals surface area contributed by atoms with Crippen LogP contribution in [0.25, 0.3) is 0 Å². The van der Waals surface area contributed by atoms with Gasteiger partial charge in [0.2, 0.25) is 5.91 Å². The summed E-state index contributed by atoms with van der Waals surface area (Å²) in [5.74, 6) is 0.216. The predicted molar refractivity (Wildman–Crippen MR) is 87.1 cm³/mol. The number of carbonyl (C=O) groups is 2. The molecule has 1 saturated heterocycles. The van der Waals surface area contributed by atoms with Gasteiger partial charge in [0.25, 0.3) is 5.91 Å². The molecule has 0 N–H and O–H groups in total. The highest BCUT2D eigenvalue weighted by Gasteiger charge is 2.23. The Balaban J connectivity index is 2.03. The Morgan fingerprint density at radius 3 is 2.45 bits per heavy atom. The summed E-state index contributed by atoms with van der Waals surface area (Å²) >= 11 is 8.24. The molecule has 1 aliphatic rings. The lowest BCUT2D eigenvalue weighted by atomic mass is 10.3. The summed E-state index contributed by atoms with van der Waals surface area (Å²) < 4.78 is 1.84. The Morgan fingerprint density at radius 1 is 1.20 bits per heavy atom. The summed E-state index contributed by atoms with van der Waals surface area (Å²) in [6, 6.07) is 1.84. The molecule has 4 nitrogen and oxygen atoms in total. The first kappa shape index (κ1) is 16.0. The van der Waals surface area contributed by atoms with Crippen LogP contribution in [0.4, 0.5) is 0 Å². The van der Waals surface area contributed by atoms with Gasteiger partial charge in [0, 0.05) is 37.1 Å². The van der Waals surface area contributed by atoms with Gasteiger partial charge in [-0.15, -0.1) is 11.3 Å². The topological polar surface area (TPSA) is 40.6 Å². The summed E-state index contributed by atoms with van der Waals surface area (Å²) in [4.78, 5) is 28.6. The summed E-state index contributed by atoms with van der Waals surface area (Å²) in [6.45, 7) is 4.56. The second-order valence-corrected chi connectivity index (χ2v) is 7.84. The van der Waals surface area contributed by atoms with Gasteiger partial charge in [0.1, 0.15) is 0 Å². The van der Waals surface area contributed by atoms with E-state index in [1.54, 1.807) is 0 Å². The zero-order valence-electron chi connectivity index (χ0n) is 11.2. The number of nitrogens with zero attached hydrogens (tertiary/aromatic N) is 2. The third-order valence-electron chi connectivity index (χ3n) is 3.29. The Labute approximate surface area is 139 Å². The van der Waals surface area contributed by atoms with Crippen LogP contribution in [0.15, 0.2) is 14.3 Å². The number of hydrogen-bond acceptors (Lipinski definition) is 3. The van der Waals surface area contributed by atoms with E-state index in [2.05, 4.69) is 31.9 Å². The van der Waals surface area contributed by atoms with Crippen molar-refractivity contribution in [3.05, 3.63) is 19.2 Å². The number of thiophene rings is 1. The minimum atomic E-state index is 0.0483. The average molecular weight is 424 g/mol. The maximum atomic E-state index is 12.5. The minimum Gasteiger partial charge on any atom is -0.341 e. The number of halogens is 2. The summed E-state index contributed by atoms with van der Waals surface area (Å²) in [5.41, 5.74) is 0. The second kappa shape index (κ2) is 7.04. The van der Waals surface area contributed by atoms with Crippen molar-refractivity contribution in [3.8, 4) is 0 Å². The molecular weight excluding hydrogens is 408 g/mol. The van der Waals surface area contributed by atoms with Crippen LogP contribution in [-0.2, 0) is 4.79 Å². The van der Waals surface area contributed by atoms with Gasteiger partial charge in [0.05, 0.1) is 8.66 Å². The highest BCUT2D eigenvalue weighted by molar-refractivity contribution is 9.13.